The average Bonchev–Trinajstić information content (AvgIpc) is 2.43. The molecule has 0 aromatic heterocycles. The molecule has 3 nitrogen and oxygen atoms in total. The third-order valence-electron chi connectivity index (χ3n) is 2.96. The first kappa shape index (κ1) is 14.0. The molecule has 2 aromatic rings. The van der Waals surface area contributed by atoms with Gasteiger partial charge in [0.25, 0.3) is 0 Å². The van der Waals surface area contributed by atoms with Crippen LogP contribution in [0.25, 0.3) is 0 Å². The molecule has 0 spiro atoms. The minimum absolute atomic E-state index is 0.187. The zero-order chi connectivity index (χ0) is 14.7. The summed E-state index contributed by atoms with van der Waals surface area (Å²) in [5.74, 6) is -1.51. The van der Waals surface area contributed by atoms with Gasteiger partial charge in [0.15, 0.2) is 5.78 Å². The van der Waals surface area contributed by atoms with Crippen LogP contribution in [-0.4, -0.2) is 12.9 Å². The number of ether oxygens (including phenoxy) is 1. The quantitative estimate of drug-likeness (QED) is 0.690. The van der Waals surface area contributed by atoms with Crippen LogP contribution in [0.2, 0.25) is 0 Å². The van der Waals surface area contributed by atoms with Crippen LogP contribution >= 0.6 is 0 Å². The van der Waals surface area contributed by atoms with E-state index in [0.29, 0.717) is 5.75 Å². The molecule has 0 saturated carbocycles. The highest BCUT2D eigenvalue weighted by Gasteiger charge is 2.17. The van der Waals surface area contributed by atoms with E-state index in [4.69, 9.17) is 10.5 Å². The van der Waals surface area contributed by atoms with E-state index in [-0.39, 0.29) is 16.8 Å². The second-order valence-corrected chi connectivity index (χ2v) is 4.25. The summed E-state index contributed by atoms with van der Waals surface area (Å²) in [5.41, 5.74) is 5.88. The number of anilines is 1. The van der Waals surface area contributed by atoms with Gasteiger partial charge in [-0.2, -0.15) is 0 Å². The van der Waals surface area contributed by atoms with Crippen LogP contribution in [0.3, 0.4) is 0 Å². The lowest BCUT2D eigenvalue weighted by Crippen LogP contribution is -2.10. The summed E-state index contributed by atoms with van der Waals surface area (Å²) >= 11 is 0. The molecule has 0 amide bonds. The number of methoxy groups -OCH3 is 1. The van der Waals surface area contributed by atoms with Crippen LogP contribution in [0.1, 0.15) is 15.9 Å². The molecule has 20 heavy (non-hydrogen) atoms. The van der Waals surface area contributed by atoms with Gasteiger partial charge in [-0.15, -0.1) is 0 Å². The lowest BCUT2D eigenvalue weighted by Gasteiger charge is -2.08. The zero-order valence-corrected chi connectivity index (χ0v) is 10.8. The molecule has 0 aliphatic rings. The summed E-state index contributed by atoms with van der Waals surface area (Å²) in [6.45, 7) is 0. The normalized spacial score (nSPS) is 10.3. The van der Waals surface area contributed by atoms with E-state index in [1.165, 1.54) is 25.3 Å². The molecule has 2 rings (SSSR count). The topological polar surface area (TPSA) is 52.3 Å². The fourth-order valence-corrected chi connectivity index (χ4v) is 1.86. The van der Waals surface area contributed by atoms with Gasteiger partial charge in [0, 0.05) is 23.2 Å². The largest absolute Gasteiger partial charge is 0.497 e. The van der Waals surface area contributed by atoms with E-state index in [1.807, 2.05) is 0 Å². The Morgan fingerprint density at radius 3 is 2.45 bits per heavy atom. The van der Waals surface area contributed by atoms with Crippen molar-refractivity contribution in [3.63, 3.8) is 0 Å². The van der Waals surface area contributed by atoms with E-state index < -0.39 is 23.8 Å². The predicted octanol–water partition coefficient (Wildman–Crippen LogP) is 2.98. The van der Waals surface area contributed by atoms with Gasteiger partial charge in [-0.05, 0) is 30.3 Å². The molecule has 0 heterocycles. The highest BCUT2D eigenvalue weighted by atomic mass is 19.1. The van der Waals surface area contributed by atoms with Crippen molar-refractivity contribution in [1.82, 2.24) is 0 Å². The Kier molecular flexibility index (Phi) is 3.98. The highest BCUT2D eigenvalue weighted by molar-refractivity contribution is 6.02. The minimum atomic E-state index is -0.750. The van der Waals surface area contributed by atoms with Crippen molar-refractivity contribution in [3.8, 4) is 5.75 Å². The molecule has 0 fully saturated rings. The molecule has 0 aliphatic carbocycles. The van der Waals surface area contributed by atoms with Crippen LogP contribution in [-0.2, 0) is 6.42 Å². The minimum Gasteiger partial charge on any atom is -0.497 e. The number of rotatable bonds is 4. The number of nitrogen functional groups attached to an aromatic ring is 1. The fraction of sp³-hybridized carbons (Fsp3) is 0.133. The van der Waals surface area contributed by atoms with Gasteiger partial charge in [-0.3, -0.25) is 4.79 Å². The van der Waals surface area contributed by atoms with Crippen LogP contribution in [0.4, 0.5) is 14.5 Å². The van der Waals surface area contributed by atoms with Gasteiger partial charge in [0.1, 0.15) is 17.4 Å². The lowest BCUT2D eigenvalue weighted by atomic mass is 10.0. The van der Waals surface area contributed by atoms with Gasteiger partial charge in [0.05, 0.1) is 7.11 Å². The van der Waals surface area contributed by atoms with Crippen LogP contribution in [0.15, 0.2) is 36.4 Å². The number of hydrogen-bond donors (Lipinski definition) is 1. The van der Waals surface area contributed by atoms with Crippen molar-refractivity contribution >= 4 is 11.5 Å². The number of carbonyl (C=O) groups is 1. The average molecular weight is 277 g/mol. The number of nitrogens with two attached hydrogens (primary N) is 1. The van der Waals surface area contributed by atoms with Crippen molar-refractivity contribution in [2.45, 2.75) is 6.42 Å². The standard InChI is InChI=1S/C15H13F2NO2/c1-20-9-5-6-14(18)11(7-9)15(19)8-10-12(16)3-2-4-13(10)17/h2-7H,8,18H2,1H3. The van der Waals surface area contributed by atoms with Gasteiger partial charge in [-0.1, -0.05) is 6.07 Å². The van der Waals surface area contributed by atoms with Gasteiger partial charge >= 0.3 is 0 Å². The van der Waals surface area contributed by atoms with Crippen molar-refractivity contribution < 1.29 is 18.3 Å². The smallest absolute Gasteiger partial charge is 0.169 e. The highest BCUT2D eigenvalue weighted by Crippen LogP contribution is 2.22. The molecule has 2 aromatic carbocycles. The van der Waals surface area contributed by atoms with Crippen LogP contribution < -0.4 is 10.5 Å². The first-order valence-corrected chi connectivity index (χ1v) is 5.92. The van der Waals surface area contributed by atoms with Gasteiger partial charge in [-0.25, -0.2) is 8.78 Å². The number of carbonyl (C=O) groups excluding carboxylic acids is 1. The van der Waals surface area contributed by atoms with Crippen molar-refractivity contribution in [1.29, 1.82) is 0 Å². The fourth-order valence-electron chi connectivity index (χ4n) is 1.86. The van der Waals surface area contributed by atoms with Gasteiger partial charge in [0.2, 0.25) is 0 Å². The Morgan fingerprint density at radius 1 is 1.20 bits per heavy atom. The Balaban J connectivity index is 2.33. The Labute approximate surface area is 115 Å². The van der Waals surface area contributed by atoms with E-state index in [1.54, 1.807) is 6.07 Å². The van der Waals surface area contributed by atoms with E-state index in [2.05, 4.69) is 0 Å². The summed E-state index contributed by atoms with van der Waals surface area (Å²) in [4.78, 5) is 12.1. The van der Waals surface area contributed by atoms with Crippen molar-refractivity contribution in [3.05, 3.63) is 59.2 Å². The molecule has 0 bridgehead atoms. The summed E-state index contributed by atoms with van der Waals surface area (Å²) in [6.07, 6.45) is -0.393. The second-order valence-electron chi connectivity index (χ2n) is 4.25. The van der Waals surface area contributed by atoms with Gasteiger partial charge < -0.3 is 10.5 Å². The Bertz CT molecular complexity index is 636. The number of halogens is 2. The first-order chi connectivity index (χ1) is 9.52. The SMILES string of the molecule is COc1ccc(N)c(C(=O)Cc2c(F)cccc2F)c1. The van der Waals surface area contributed by atoms with Crippen LogP contribution in [0, 0.1) is 11.6 Å². The molecule has 0 unspecified atom stereocenters. The van der Waals surface area contributed by atoms with Crippen molar-refractivity contribution in [2.75, 3.05) is 12.8 Å². The molecule has 0 radical (unpaired) electrons. The van der Waals surface area contributed by atoms with Crippen LogP contribution in [0.5, 0.6) is 5.75 Å². The number of benzene rings is 2. The number of Topliss-reactive ketones (excluding diaryl/α,β-unsaturated/α-hetero) is 1. The summed E-state index contributed by atoms with van der Waals surface area (Å²) in [5, 5.41) is 0. The number of ketones is 1. The maximum absolute atomic E-state index is 13.5. The molecular weight excluding hydrogens is 264 g/mol. The lowest BCUT2D eigenvalue weighted by molar-refractivity contribution is 0.0991. The third-order valence-corrected chi connectivity index (χ3v) is 2.96. The van der Waals surface area contributed by atoms with E-state index >= 15 is 0 Å². The first-order valence-electron chi connectivity index (χ1n) is 5.92. The van der Waals surface area contributed by atoms with E-state index in [9.17, 15) is 13.6 Å². The molecule has 2 N–H and O–H groups in total. The molecular formula is C15H13F2NO2. The summed E-state index contributed by atoms with van der Waals surface area (Å²) in [7, 11) is 1.45. The van der Waals surface area contributed by atoms with E-state index in [0.717, 1.165) is 12.1 Å². The predicted molar refractivity (Wildman–Crippen MR) is 71.8 cm³/mol. The zero-order valence-electron chi connectivity index (χ0n) is 10.8. The number of hydrogen-bond acceptors (Lipinski definition) is 3. The summed E-state index contributed by atoms with van der Waals surface area (Å²) < 4.78 is 32.1. The maximum atomic E-state index is 13.5. The Morgan fingerprint density at radius 2 is 1.85 bits per heavy atom. The third kappa shape index (κ3) is 2.77. The molecule has 104 valence electrons. The molecule has 0 aliphatic heterocycles. The van der Waals surface area contributed by atoms with Crippen molar-refractivity contribution in [2.24, 2.45) is 0 Å². The summed E-state index contributed by atoms with van der Waals surface area (Å²) in [6, 6.07) is 8.05. The Hall–Kier alpha value is -2.43. The molecule has 0 saturated heterocycles. The molecule has 0 atom stereocenters. The maximum Gasteiger partial charge on any atom is 0.169 e. The second kappa shape index (κ2) is 5.69. The molecule has 5 heteroatoms. The monoisotopic (exact) mass is 277 g/mol.